The van der Waals surface area contributed by atoms with Crippen molar-refractivity contribution in [3.8, 4) is 5.75 Å². The summed E-state index contributed by atoms with van der Waals surface area (Å²) < 4.78 is 11.6. The van der Waals surface area contributed by atoms with Crippen molar-refractivity contribution in [2.45, 2.75) is 26.7 Å². The largest absolute Gasteiger partial charge is 0.493 e. The lowest BCUT2D eigenvalue weighted by atomic mass is 10.1. The first-order valence-electron chi connectivity index (χ1n) is 10.7. The minimum Gasteiger partial charge on any atom is -0.493 e. The van der Waals surface area contributed by atoms with Gasteiger partial charge in [0.05, 0.1) is 23.4 Å². The maximum Gasteiger partial charge on any atom is 0.261 e. The third-order valence-corrected chi connectivity index (χ3v) is 5.29. The number of amides is 2. The summed E-state index contributed by atoms with van der Waals surface area (Å²) in [4.78, 5) is 25.4. The van der Waals surface area contributed by atoms with Gasteiger partial charge in [-0.3, -0.25) is 14.9 Å². The van der Waals surface area contributed by atoms with Crippen LogP contribution in [0.1, 0.15) is 47.4 Å². The molecule has 0 aromatic heterocycles. The Hall–Kier alpha value is -2.49. The van der Waals surface area contributed by atoms with E-state index >= 15 is 0 Å². The van der Waals surface area contributed by atoms with Gasteiger partial charge in [0.15, 0.2) is 5.11 Å². The van der Waals surface area contributed by atoms with E-state index in [-0.39, 0.29) is 11.0 Å². The van der Waals surface area contributed by atoms with Crippen molar-refractivity contribution in [1.82, 2.24) is 10.6 Å². The third kappa shape index (κ3) is 9.11. The van der Waals surface area contributed by atoms with Crippen LogP contribution in [0, 0.1) is 5.92 Å². The number of thiocarbonyl (C=S) groups is 1. The van der Waals surface area contributed by atoms with Crippen LogP contribution in [-0.4, -0.2) is 43.8 Å². The Labute approximate surface area is 208 Å². The topological polar surface area (TPSA) is 88.7 Å². The molecule has 0 aliphatic heterocycles. The van der Waals surface area contributed by atoms with E-state index in [0.717, 1.165) is 10.9 Å². The first-order valence-corrected chi connectivity index (χ1v) is 11.9. The van der Waals surface area contributed by atoms with Crippen LogP contribution in [0.25, 0.3) is 0 Å². The quantitative estimate of drug-likeness (QED) is 0.283. The van der Waals surface area contributed by atoms with E-state index in [4.69, 9.17) is 21.7 Å². The van der Waals surface area contributed by atoms with Gasteiger partial charge in [-0.2, -0.15) is 0 Å². The van der Waals surface area contributed by atoms with Crippen LogP contribution in [0.3, 0.4) is 0 Å². The summed E-state index contributed by atoms with van der Waals surface area (Å²) in [5, 5.41) is 8.54. The van der Waals surface area contributed by atoms with Crippen molar-refractivity contribution in [1.29, 1.82) is 0 Å². The van der Waals surface area contributed by atoms with E-state index in [1.165, 1.54) is 0 Å². The van der Waals surface area contributed by atoms with E-state index in [0.29, 0.717) is 54.7 Å². The Morgan fingerprint density at radius 3 is 2.55 bits per heavy atom. The lowest BCUT2D eigenvalue weighted by Gasteiger charge is -2.15. The summed E-state index contributed by atoms with van der Waals surface area (Å²) in [7, 11) is 1.62. The minimum absolute atomic E-state index is 0.0766. The van der Waals surface area contributed by atoms with E-state index in [2.05, 4.69) is 45.7 Å². The maximum atomic E-state index is 12.9. The van der Waals surface area contributed by atoms with Gasteiger partial charge in [0.2, 0.25) is 0 Å². The Morgan fingerprint density at radius 1 is 1.06 bits per heavy atom. The molecule has 2 aromatic rings. The van der Waals surface area contributed by atoms with Crippen molar-refractivity contribution >= 4 is 50.8 Å². The number of rotatable bonds is 11. The number of methoxy groups -OCH3 is 1. The van der Waals surface area contributed by atoms with Gasteiger partial charge < -0.3 is 20.1 Å². The monoisotopic (exact) mass is 535 g/mol. The van der Waals surface area contributed by atoms with Gasteiger partial charge in [0.25, 0.3) is 11.8 Å². The predicted molar refractivity (Wildman–Crippen MR) is 138 cm³/mol. The molecule has 0 aliphatic rings. The van der Waals surface area contributed by atoms with Crippen LogP contribution in [0.2, 0.25) is 0 Å². The Bertz CT molecular complexity index is 968. The Kier molecular flexibility index (Phi) is 11.3. The van der Waals surface area contributed by atoms with Crippen molar-refractivity contribution in [2.24, 2.45) is 5.92 Å². The molecule has 0 radical (unpaired) electrons. The van der Waals surface area contributed by atoms with Gasteiger partial charge in [-0.1, -0.05) is 41.9 Å². The average Bonchev–Trinajstić information content (AvgIpc) is 2.77. The number of halogens is 1. The van der Waals surface area contributed by atoms with Crippen molar-refractivity contribution < 1.29 is 19.1 Å². The molecule has 0 saturated heterocycles. The van der Waals surface area contributed by atoms with Gasteiger partial charge in [-0.05, 0) is 61.3 Å². The molecule has 0 aliphatic carbocycles. The zero-order valence-electron chi connectivity index (χ0n) is 19.1. The number of carbonyl (C=O) groups excluding carboxylic acids is 2. The molecular formula is C24H30BrN3O4S. The van der Waals surface area contributed by atoms with Crippen LogP contribution < -0.4 is 20.7 Å². The first kappa shape index (κ1) is 26.8. The van der Waals surface area contributed by atoms with Crippen LogP contribution in [0.4, 0.5) is 5.69 Å². The smallest absolute Gasteiger partial charge is 0.261 e. The molecule has 0 unspecified atom stereocenters. The van der Waals surface area contributed by atoms with Crippen molar-refractivity contribution in [3.63, 3.8) is 0 Å². The standard InChI is InChI=1S/C24H30BrN3O4S/c1-16(2)11-14-32-21-10-9-17(25)15-19(21)23(30)28-24(33)27-20-8-5-4-7-18(20)22(29)26-12-6-13-31-3/h4-5,7-10,15-16H,6,11-14H2,1-3H3,(H,26,29)(H2,27,28,30,33). The highest BCUT2D eigenvalue weighted by Crippen LogP contribution is 2.24. The van der Waals surface area contributed by atoms with Crippen LogP contribution in [-0.2, 0) is 4.74 Å². The van der Waals surface area contributed by atoms with E-state index < -0.39 is 5.91 Å². The zero-order valence-corrected chi connectivity index (χ0v) is 21.5. The summed E-state index contributed by atoms with van der Waals surface area (Å²) in [6.45, 7) is 5.79. The highest BCUT2D eigenvalue weighted by Gasteiger charge is 2.17. The number of para-hydroxylation sites is 1. The molecule has 2 aromatic carbocycles. The number of hydrogen-bond acceptors (Lipinski definition) is 5. The van der Waals surface area contributed by atoms with Crippen molar-refractivity contribution in [2.75, 3.05) is 32.2 Å². The molecule has 0 heterocycles. The second-order valence-corrected chi connectivity index (χ2v) is 9.05. The van der Waals surface area contributed by atoms with E-state index in [1.807, 2.05) is 6.07 Å². The number of nitrogens with one attached hydrogen (secondary N) is 3. The SMILES string of the molecule is COCCCNC(=O)c1ccccc1NC(=S)NC(=O)c1cc(Br)ccc1OCCC(C)C. The molecule has 9 heteroatoms. The number of ether oxygens (including phenoxy) is 2. The fourth-order valence-corrected chi connectivity index (χ4v) is 3.40. The molecular weight excluding hydrogens is 506 g/mol. The van der Waals surface area contributed by atoms with Gasteiger partial charge in [-0.25, -0.2) is 0 Å². The summed E-state index contributed by atoms with van der Waals surface area (Å²) in [5.74, 6) is 0.327. The van der Waals surface area contributed by atoms with Crippen LogP contribution >= 0.6 is 28.1 Å². The molecule has 0 atom stereocenters. The summed E-state index contributed by atoms with van der Waals surface area (Å²) in [5.41, 5.74) is 1.28. The molecule has 33 heavy (non-hydrogen) atoms. The lowest BCUT2D eigenvalue weighted by molar-refractivity contribution is 0.0947. The molecule has 2 rings (SSSR count). The molecule has 0 bridgehead atoms. The van der Waals surface area contributed by atoms with Gasteiger partial charge in [-0.15, -0.1) is 0 Å². The minimum atomic E-state index is -0.408. The summed E-state index contributed by atoms with van der Waals surface area (Å²) in [6, 6.07) is 12.2. The fourth-order valence-electron chi connectivity index (χ4n) is 2.84. The second-order valence-electron chi connectivity index (χ2n) is 7.73. The van der Waals surface area contributed by atoms with Crippen molar-refractivity contribution in [3.05, 3.63) is 58.1 Å². The first-order chi connectivity index (χ1) is 15.8. The van der Waals surface area contributed by atoms with Crippen LogP contribution in [0.5, 0.6) is 5.75 Å². The summed E-state index contributed by atoms with van der Waals surface area (Å²) >= 11 is 8.73. The summed E-state index contributed by atoms with van der Waals surface area (Å²) in [6.07, 6.45) is 1.59. The predicted octanol–water partition coefficient (Wildman–Crippen LogP) is 4.77. The number of anilines is 1. The zero-order chi connectivity index (χ0) is 24.2. The van der Waals surface area contributed by atoms with E-state index in [1.54, 1.807) is 43.5 Å². The molecule has 0 fully saturated rings. The molecule has 7 nitrogen and oxygen atoms in total. The normalized spacial score (nSPS) is 10.6. The van der Waals surface area contributed by atoms with Crippen LogP contribution in [0.15, 0.2) is 46.9 Å². The number of hydrogen-bond donors (Lipinski definition) is 3. The van der Waals surface area contributed by atoms with E-state index in [9.17, 15) is 9.59 Å². The fraction of sp³-hybridized carbons (Fsp3) is 0.375. The molecule has 3 N–H and O–H groups in total. The third-order valence-electron chi connectivity index (χ3n) is 4.60. The molecule has 2 amide bonds. The molecule has 0 spiro atoms. The van der Waals surface area contributed by atoms with Gasteiger partial charge in [0, 0.05) is 24.7 Å². The molecule has 178 valence electrons. The maximum absolute atomic E-state index is 12.9. The van der Waals surface area contributed by atoms with Gasteiger partial charge >= 0.3 is 0 Å². The highest BCUT2D eigenvalue weighted by molar-refractivity contribution is 9.10. The molecule has 0 saturated carbocycles. The van der Waals surface area contributed by atoms with Gasteiger partial charge in [0.1, 0.15) is 5.75 Å². The second kappa shape index (κ2) is 13.9. The average molecular weight is 536 g/mol. The number of benzene rings is 2. The highest BCUT2D eigenvalue weighted by atomic mass is 79.9. The Balaban J connectivity index is 2.05. The lowest BCUT2D eigenvalue weighted by Crippen LogP contribution is -2.35. The number of carbonyl (C=O) groups is 2. The Morgan fingerprint density at radius 2 is 1.82 bits per heavy atom.